The van der Waals surface area contributed by atoms with E-state index in [9.17, 15) is 8.42 Å². The molecule has 23 heavy (non-hydrogen) atoms. The van der Waals surface area contributed by atoms with E-state index in [4.69, 9.17) is 4.74 Å². The number of benzene rings is 1. The first kappa shape index (κ1) is 16.0. The van der Waals surface area contributed by atoms with Crippen molar-refractivity contribution >= 4 is 44.3 Å². The van der Waals surface area contributed by atoms with Gasteiger partial charge in [0, 0.05) is 9.64 Å². The van der Waals surface area contributed by atoms with E-state index in [0.717, 1.165) is 3.57 Å². The minimum Gasteiger partial charge on any atom is -0.481 e. The van der Waals surface area contributed by atoms with Crippen molar-refractivity contribution < 1.29 is 13.2 Å². The molecule has 0 saturated carbocycles. The van der Waals surface area contributed by atoms with Gasteiger partial charge in [-0.05, 0) is 40.8 Å². The van der Waals surface area contributed by atoms with Crippen LogP contribution in [0.3, 0.4) is 0 Å². The number of aliphatic imine (C=N–C) groups is 1. The molecular weight excluding hydrogens is 431 g/mol. The van der Waals surface area contributed by atoms with Gasteiger partial charge in [0.05, 0.1) is 25.0 Å². The van der Waals surface area contributed by atoms with Gasteiger partial charge in [-0.15, -0.1) is 0 Å². The summed E-state index contributed by atoms with van der Waals surface area (Å²) in [4.78, 5) is 8.71. The first-order valence-electron chi connectivity index (χ1n) is 6.62. The molecule has 9 heteroatoms. The molecule has 2 N–H and O–H groups in total. The summed E-state index contributed by atoms with van der Waals surface area (Å²) in [7, 11) is -2.09. The molecule has 0 saturated heterocycles. The monoisotopic (exact) mass is 444 g/mol. The lowest BCUT2D eigenvalue weighted by atomic mass is 10.3. The molecule has 2 heterocycles. The van der Waals surface area contributed by atoms with Gasteiger partial charge < -0.3 is 10.1 Å². The number of anilines is 1. The van der Waals surface area contributed by atoms with E-state index in [1.165, 1.54) is 7.11 Å². The highest BCUT2D eigenvalue weighted by molar-refractivity contribution is 14.1. The lowest BCUT2D eigenvalue weighted by Gasteiger charge is -2.22. The number of rotatable bonds is 3. The zero-order chi connectivity index (χ0) is 16.4. The van der Waals surface area contributed by atoms with Gasteiger partial charge in [0.25, 0.3) is 10.0 Å². The fourth-order valence-corrected chi connectivity index (χ4v) is 4.05. The molecule has 0 aliphatic carbocycles. The van der Waals surface area contributed by atoms with Crippen molar-refractivity contribution in [2.24, 2.45) is 4.99 Å². The van der Waals surface area contributed by atoms with E-state index in [0.29, 0.717) is 17.3 Å². The van der Waals surface area contributed by atoms with Crippen molar-refractivity contribution in [3.63, 3.8) is 0 Å². The normalized spacial score (nSPS) is 17.0. The highest BCUT2D eigenvalue weighted by Crippen LogP contribution is 2.29. The van der Waals surface area contributed by atoms with Crippen LogP contribution in [0.1, 0.15) is 5.69 Å². The van der Waals surface area contributed by atoms with Crippen LogP contribution in [0.2, 0.25) is 0 Å². The maximum Gasteiger partial charge on any atom is 0.266 e. The van der Waals surface area contributed by atoms with Gasteiger partial charge in [-0.3, -0.25) is 0 Å². The van der Waals surface area contributed by atoms with Crippen LogP contribution in [0, 0.1) is 3.57 Å². The SMILES string of the molecule is COc1cccc(CN=C2Nc3c(I)cccc3S(=O)(=O)N2)n1. The largest absolute Gasteiger partial charge is 0.481 e. The second kappa shape index (κ2) is 6.32. The molecule has 0 radical (unpaired) electrons. The summed E-state index contributed by atoms with van der Waals surface area (Å²) in [6.07, 6.45) is 0. The van der Waals surface area contributed by atoms with E-state index in [2.05, 4.69) is 42.6 Å². The Morgan fingerprint density at radius 1 is 1.26 bits per heavy atom. The Bertz CT molecular complexity index is 883. The van der Waals surface area contributed by atoms with Crippen LogP contribution in [-0.2, 0) is 16.6 Å². The van der Waals surface area contributed by atoms with Gasteiger partial charge in [-0.25, -0.2) is 23.1 Å². The number of nitrogens with one attached hydrogen (secondary N) is 2. The van der Waals surface area contributed by atoms with Gasteiger partial charge in [0.2, 0.25) is 11.8 Å². The number of hydrogen-bond donors (Lipinski definition) is 2. The Morgan fingerprint density at radius 2 is 2.04 bits per heavy atom. The number of guanidine groups is 1. The molecule has 0 amide bonds. The molecule has 1 aliphatic rings. The van der Waals surface area contributed by atoms with Crippen LogP contribution in [0.4, 0.5) is 5.69 Å². The number of para-hydroxylation sites is 1. The summed E-state index contributed by atoms with van der Waals surface area (Å²) >= 11 is 2.08. The van der Waals surface area contributed by atoms with Crippen molar-refractivity contribution in [3.05, 3.63) is 45.7 Å². The Morgan fingerprint density at radius 3 is 2.83 bits per heavy atom. The number of sulfonamides is 1. The fourth-order valence-electron chi connectivity index (χ4n) is 2.07. The Kier molecular flexibility index (Phi) is 4.39. The minimum absolute atomic E-state index is 0.172. The molecule has 0 atom stereocenters. The van der Waals surface area contributed by atoms with Crippen LogP contribution < -0.4 is 14.8 Å². The van der Waals surface area contributed by atoms with Gasteiger partial charge >= 0.3 is 0 Å². The lowest BCUT2D eigenvalue weighted by molar-refractivity contribution is 0.396. The third-order valence-electron chi connectivity index (χ3n) is 3.13. The summed E-state index contributed by atoms with van der Waals surface area (Å²) in [6.45, 7) is 0.223. The van der Waals surface area contributed by atoms with E-state index < -0.39 is 10.0 Å². The highest BCUT2D eigenvalue weighted by atomic mass is 127. The van der Waals surface area contributed by atoms with Crippen molar-refractivity contribution in [3.8, 4) is 5.88 Å². The average Bonchev–Trinajstić information content (AvgIpc) is 2.54. The Hall–Kier alpha value is -1.88. The fraction of sp³-hybridized carbons (Fsp3) is 0.143. The smallest absolute Gasteiger partial charge is 0.266 e. The Balaban J connectivity index is 1.89. The summed E-state index contributed by atoms with van der Waals surface area (Å²) in [6, 6.07) is 10.4. The molecule has 2 aromatic rings. The first-order valence-corrected chi connectivity index (χ1v) is 9.18. The summed E-state index contributed by atoms with van der Waals surface area (Å²) in [5.74, 6) is 0.658. The summed E-state index contributed by atoms with van der Waals surface area (Å²) in [5.41, 5.74) is 1.20. The van der Waals surface area contributed by atoms with E-state index in [1.807, 2.05) is 6.07 Å². The molecular formula is C14H13IN4O3S. The van der Waals surface area contributed by atoms with Crippen molar-refractivity contribution in [2.75, 3.05) is 12.4 Å². The molecule has 0 bridgehead atoms. The van der Waals surface area contributed by atoms with Crippen LogP contribution in [0.15, 0.2) is 46.3 Å². The van der Waals surface area contributed by atoms with Gasteiger partial charge in [-0.2, -0.15) is 0 Å². The van der Waals surface area contributed by atoms with E-state index in [-0.39, 0.29) is 17.4 Å². The summed E-state index contributed by atoms with van der Waals surface area (Å²) in [5, 5.41) is 3.01. The van der Waals surface area contributed by atoms with Crippen LogP contribution in [0.5, 0.6) is 5.88 Å². The lowest BCUT2D eigenvalue weighted by Crippen LogP contribution is -2.41. The second-order valence-corrected chi connectivity index (χ2v) is 7.49. The van der Waals surface area contributed by atoms with Gasteiger partial charge in [-0.1, -0.05) is 12.1 Å². The number of ether oxygens (including phenoxy) is 1. The zero-order valence-electron chi connectivity index (χ0n) is 12.1. The predicted molar refractivity (Wildman–Crippen MR) is 95.0 cm³/mol. The van der Waals surface area contributed by atoms with Crippen molar-refractivity contribution in [2.45, 2.75) is 11.4 Å². The van der Waals surface area contributed by atoms with E-state index in [1.54, 1.807) is 30.3 Å². The number of hydrogen-bond acceptors (Lipinski definition) is 5. The highest BCUT2D eigenvalue weighted by Gasteiger charge is 2.27. The third kappa shape index (κ3) is 3.39. The average molecular weight is 444 g/mol. The molecule has 3 rings (SSSR count). The molecule has 0 unspecified atom stereocenters. The maximum atomic E-state index is 12.3. The number of nitrogens with zero attached hydrogens (tertiary/aromatic N) is 2. The number of halogens is 1. The molecule has 0 spiro atoms. The van der Waals surface area contributed by atoms with Gasteiger partial charge in [0.1, 0.15) is 4.90 Å². The quantitative estimate of drug-likeness (QED) is 0.707. The molecule has 7 nitrogen and oxygen atoms in total. The predicted octanol–water partition coefficient (Wildman–Crippen LogP) is 1.95. The Labute approximate surface area is 147 Å². The standard InChI is InChI=1S/C14H13IN4O3S/c1-22-12-7-2-4-9(17-12)8-16-14-18-13-10(15)5-3-6-11(13)23(20,21)19-14/h2-7H,8H2,1H3,(H2,16,18,19). The number of aromatic nitrogens is 1. The zero-order valence-corrected chi connectivity index (χ0v) is 15.1. The maximum absolute atomic E-state index is 12.3. The van der Waals surface area contributed by atoms with Crippen molar-refractivity contribution in [1.29, 1.82) is 0 Å². The first-order chi connectivity index (χ1) is 11.0. The van der Waals surface area contributed by atoms with E-state index >= 15 is 0 Å². The molecule has 1 aromatic carbocycles. The van der Waals surface area contributed by atoms with Crippen LogP contribution >= 0.6 is 22.6 Å². The molecule has 1 aromatic heterocycles. The molecule has 0 fully saturated rings. The third-order valence-corrected chi connectivity index (χ3v) is 5.41. The number of fused-ring (bicyclic) bond motifs is 1. The molecule has 120 valence electrons. The van der Waals surface area contributed by atoms with Gasteiger partial charge in [0.15, 0.2) is 0 Å². The van der Waals surface area contributed by atoms with Crippen molar-refractivity contribution in [1.82, 2.24) is 9.71 Å². The number of pyridine rings is 1. The van der Waals surface area contributed by atoms with Crippen LogP contribution in [0.25, 0.3) is 0 Å². The second-order valence-electron chi connectivity index (χ2n) is 4.68. The number of methoxy groups -OCH3 is 1. The minimum atomic E-state index is -3.62. The molecule has 1 aliphatic heterocycles. The summed E-state index contributed by atoms with van der Waals surface area (Å²) < 4.78 is 32.8. The topological polar surface area (TPSA) is 92.7 Å². The van der Waals surface area contributed by atoms with Crippen LogP contribution in [-0.4, -0.2) is 26.5 Å².